The molecular weight excluding hydrogens is 378 g/mol. The number of anilines is 1. The van der Waals surface area contributed by atoms with Crippen molar-refractivity contribution in [1.82, 2.24) is 15.6 Å². The van der Waals surface area contributed by atoms with Gasteiger partial charge >= 0.3 is 0 Å². The predicted molar refractivity (Wildman–Crippen MR) is 122 cm³/mol. The van der Waals surface area contributed by atoms with Crippen molar-refractivity contribution in [3.63, 3.8) is 0 Å². The first-order valence-electron chi connectivity index (χ1n) is 10.6. The van der Waals surface area contributed by atoms with Crippen LogP contribution < -0.4 is 25.0 Å². The number of aromatic nitrogens is 1. The van der Waals surface area contributed by atoms with E-state index in [9.17, 15) is 0 Å². The van der Waals surface area contributed by atoms with Gasteiger partial charge in [-0.25, -0.2) is 4.98 Å². The molecule has 1 fully saturated rings. The molecule has 0 bridgehead atoms. The van der Waals surface area contributed by atoms with E-state index in [-0.39, 0.29) is 0 Å². The van der Waals surface area contributed by atoms with Crippen LogP contribution in [0.3, 0.4) is 0 Å². The minimum absolute atomic E-state index is 0.396. The van der Waals surface area contributed by atoms with Crippen molar-refractivity contribution in [3.05, 3.63) is 47.7 Å². The molecule has 0 saturated carbocycles. The largest absolute Gasteiger partial charge is 0.493 e. The van der Waals surface area contributed by atoms with Gasteiger partial charge in [0.15, 0.2) is 17.5 Å². The van der Waals surface area contributed by atoms with E-state index in [0.29, 0.717) is 19.2 Å². The third-order valence-electron chi connectivity index (χ3n) is 5.27. The van der Waals surface area contributed by atoms with Crippen LogP contribution in [0.1, 0.15) is 30.9 Å². The molecule has 1 aliphatic rings. The molecule has 0 radical (unpaired) electrons. The molecule has 0 atom stereocenters. The standard InChI is InChI=1S/C23H33N5O2/c1-5-30-21-14-18(7-8-20(21)29-4)16-26-23(24-3)27-19-10-12-28(13-11-19)22-9-6-17(2)15-25-22/h6-9,14-15,19H,5,10-13,16H2,1-4H3,(H2,24,26,27). The van der Waals surface area contributed by atoms with Gasteiger partial charge in [0.1, 0.15) is 5.82 Å². The molecule has 0 unspecified atom stereocenters. The quantitative estimate of drug-likeness (QED) is 0.539. The summed E-state index contributed by atoms with van der Waals surface area (Å²) in [4.78, 5) is 11.3. The summed E-state index contributed by atoms with van der Waals surface area (Å²) in [6.45, 7) is 7.27. The number of nitrogens with zero attached hydrogens (tertiary/aromatic N) is 3. The van der Waals surface area contributed by atoms with Gasteiger partial charge in [-0.1, -0.05) is 12.1 Å². The molecule has 0 aliphatic carbocycles. The number of guanidine groups is 1. The van der Waals surface area contributed by atoms with Crippen LogP contribution >= 0.6 is 0 Å². The Morgan fingerprint density at radius 3 is 2.63 bits per heavy atom. The van der Waals surface area contributed by atoms with Gasteiger partial charge in [-0.2, -0.15) is 0 Å². The Morgan fingerprint density at radius 2 is 2.00 bits per heavy atom. The first-order valence-corrected chi connectivity index (χ1v) is 10.6. The highest BCUT2D eigenvalue weighted by atomic mass is 16.5. The molecule has 0 amide bonds. The minimum Gasteiger partial charge on any atom is -0.493 e. The maximum Gasteiger partial charge on any atom is 0.191 e. The summed E-state index contributed by atoms with van der Waals surface area (Å²) < 4.78 is 11.0. The van der Waals surface area contributed by atoms with E-state index in [2.05, 4.69) is 44.6 Å². The van der Waals surface area contributed by atoms with Gasteiger partial charge in [-0.05, 0) is 56.0 Å². The average molecular weight is 412 g/mol. The highest BCUT2D eigenvalue weighted by molar-refractivity contribution is 5.80. The Bertz CT molecular complexity index is 830. The van der Waals surface area contributed by atoms with Gasteiger partial charge in [-0.3, -0.25) is 4.99 Å². The topological polar surface area (TPSA) is 71.0 Å². The Labute approximate surface area is 179 Å². The van der Waals surface area contributed by atoms with Crippen LogP contribution in [0.5, 0.6) is 11.5 Å². The highest BCUT2D eigenvalue weighted by Gasteiger charge is 2.20. The van der Waals surface area contributed by atoms with Gasteiger partial charge < -0.3 is 25.0 Å². The number of methoxy groups -OCH3 is 1. The van der Waals surface area contributed by atoms with Crippen LogP contribution in [0, 0.1) is 6.92 Å². The van der Waals surface area contributed by atoms with Crippen molar-refractivity contribution < 1.29 is 9.47 Å². The van der Waals surface area contributed by atoms with Crippen LogP contribution in [-0.2, 0) is 6.54 Å². The summed E-state index contributed by atoms with van der Waals surface area (Å²) in [5, 5.41) is 6.96. The van der Waals surface area contributed by atoms with E-state index >= 15 is 0 Å². The Balaban J connectivity index is 1.49. The van der Waals surface area contributed by atoms with Crippen molar-refractivity contribution in [2.75, 3.05) is 38.8 Å². The fraction of sp³-hybridized carbons (Fsp3) is 0.478. The normalized spacial score (nSPS) is 15.1. The molecule has 1 aromatic heterocycles. The van der Waals surface area contributed by atoms with Gasteiger partial charge in [0.25, 0.3) is 0 Å². The second-order valence-electron chi connectivity index (χ2n) is 7.44. The Morgan fingerprint density at radius 1 is 1.20 bits per heavy atom. The molecule has 0 spiro atoms. The zero-order valence-electron chi connectivity index (χ0n) is 18.4. The van der Waals surface area contributed by atoms with Crippen molar-refractivity contribution in [2.45, 2.75) is 39.3 Å². The lowest BCUT2D eigenvalue weighted by atomic mass is 10.1. The zero-order chi connectivity index (χ0) is 21.3. The third kappa shape index (κ3) is 5.78. The number of pyridine rings is 1. The lowest BCUT2D eigenvalue weighted by Crippen LogP contribution is -2.48. The summed E-state index contributed by atoms with van der Waals surface area (Å²) in [6, 6.07) is 10.6. The van der Waals surface area contributed by atoms with Crippen LogP contribution in [0.25, 0.3) is 0 Å². The van der Waals surface area contributed by atoms with E-state index in [1.54, 1.807) is 14.2 Å². The van der Waals surface area contributed by atoms with Crippen molar-refractivity contribution in [3.8, 4) is 11.5 Å². The average Bonchev–Trinajstić information content (AvgIpc) is 2.78. The fourth-order valence-corrected chi connectivity index (χ4v) is 3.57. The number of hydrogen-bond donors (Lipinski definition) is 2. The number of piperidine rings is 1. The summed E-state index contributed by atoms with van der Waals surface area (Å²) >= 11 is 0. The number of ether oxygens (including phenoxy) is 2. The highest BCUT2D eigenvalue weighted by Crippen LogP contribution is 2.28. The monoisotopic (exact) mass is 411 g/mol. The van der Waals surface area contributed by atoms with Gasteiger partial charge in [-0.15, -0.1) is 0 Å². The number of benzene rings is 1. The molecule has 1 saturated heterocycles. The van der Waals surface area contributed by atoms with Crippen LogP contribution in [0.15, 0.2) is 41.5 Å². The van der Waals surface area contributed by atoms with Crippen molar-refractivity contribution >= 4 is 11.8 Å². The molecule has 7 nitrogen and oxygen atoms in total. The molecule has 1 aromatic carbocycles. The van der Waals surface area contributed by atoms with E-state index in [4.69, 9.17) is 9.47 Å². The van der Waals surface area contributed by atoms with Crippen LogP contribution in [0.4, 0.5) is 5.82 Å². The first-order chi connectivity index (χ1) is 14.6. The summed E-state index contributed by atoms with van der Waals surface area (Å²) in [5.74, 6) is 3.39. The summed E-state index contributed by atoms with van der Waals surface area (Å²) in [5.41, 5.74) is 2.30. The number of nitrogens with one attached hydrogen (secondary N) is 2. The lowest BCUT2D eigenvalue weighted by Gasteiger charge is -2.33. The third-order valence-corrected chi connectivity index (χ3v) is 5.27. The second kappa shape index (κ2) is 10.7. The zero-order valence-corrected chi connectivity index (χ0v) is 18.4. The van der Waals surface area contributed by atoms with E-state index < -0.39 is 0 Å². The van der Waals surface area contributed by atoms with Crippen molar-refractivity contribution in [1.29, 1.82) is 0 Å². The summed E-state index contributed by atoms with van der Waals surface area (Å²) in [6.07, 6.45) is 4.03. The molecule has 7 heteroatoms. The molecule has 2 heterocycles. The SMILES string of the molecule is CCOc1cc(CNC(=NC)NC2CCN(c3ccc(C)cn3)CC2)ccc1OC. The Hall–Kier alpha value is -2.96. The van der Waals surface area contributed by atoms with Crippen LogP contribution in [-0.4, -0.2) is 50.8 Å². The lowest BCUT2D eigenvalue weighted by molar-refractivity contribution is 0.310. The molecule has 3 rings (SSSR count). The summed E-state index contributed by atoms with van der Waals surface area (Å²) in [7, 11) is 3.46. The van der Waals surface area contributed by atoms with Gasteiger partial charge in [0.2, 0.25) is 0 Å². The maximum atomic E-state index is 5.67. The second-order valence-corrected chi connectivity index (χ2v) is 7.44. The number of aryl methyl sites for hydroxylation is 1. The number of rotatable bonds is 7. The van der Waals surface area contributed by atoms with E-state index in [0.717, 1.165) is 54.8 Å². The van der Waals surface area contributed by atoms with Gasteiger partial charge in [0, 0.05) is 38.9 Å². The van der Waals surface area contributed by atoms with Crippen molar-refractivity contribution in [2.24, 2.45) is 4.99 Å². The molecule has 2 N–H and O–H groups in total. The predicted octanol–water partition coefficient (Wildman–Crippen LogP) is 3.13. The molecule has 1 aliphatic heterocycles. The molecule has 30 heavy (non-hydrogen) atoms. The van der Waals surface area contributed by atoms with E-state index in [1.807, 2.05) is 31.3 Å². The molecule has 2 aromatic rings. The van der Waals surface area contributed by atoms with Gasteiger partial charge in [0.05, 0.1) is 13.7 Å². The smallest absolute Gasteiger partial charge is 0.191 e. The fourth-order valence-electron chi connectivity index (χ4n) is 3.57. The number of hydrogen-bond acceptors (Lipinski definition) is 5. The molecular formula is C23H33N5O2. The minimum atomic E-state index is 0.396. The van der Waals surface area contributed by atoms with E-state index in [1.165, 1.54) is 5.56 Å². The molecule has 162 valence electrons. The maximum absolute atomic E-state index is 5.67. The van der Waals surface area contributed by atoms with Crippen LogP contribution in [0.2, 0.25) is 0 Å². The first kappa shape index (κ1) is 21.7. The Kier molecular flexibility index (Phi) is 7.76. The number of aliphatic imine (C=N–C) groups is 1.